The third kappa shape index (κ3) is 4.05. The van der Waals surface area contributed by atoms with Crippen LogP contribution in [0.4, 0.5) is 5.69 Å². The zero-order valence-corrected chi connectivity index (χ0v) is 18.4. The predicted octanol–water partition coefficient (Wildman–Crippen LogP) is 5.90. The predicted molar refractivity (Wildman–Crippen MR) is 123 cm³/mol. The van der Waals surface area contributed by atoms with Crippen molar-refractivity contribution in [3.63, 3.8) is 0 Å². The molecule has 0 fully saturated rings. The Hall–Kier alpha value is -3.77. The van der Waals surface area contributed by atoms with Crippen LogP contribution >= 0.6 is 11.6 Å². The van der Waals surface area contributed by atoms with Crippen molar-refractivity contribution in [2.75, 3.05) is 19.5 Å². The Labute approximate surface area is 189 Å². The molecule has 0 aliphatic heterocycles. The highest BCUT2D eigenvalue weighted by molar-refractivity contribution is 6.30. The quantitative estimate of drug-likeness (QED) is 0.371. The second-order valence-corrected chi connectivity index (χ2v) is 7.56. The van der Waals surface area contributed by atoms with Crippen molar-refractivity contribution in [1.82, 2.24) is 0 Å². The first-order chi connectivity index (χ1) is 15.4. The van der Waals surface area contributed by atoms with Crippen LogP contribution in [0.5, 0.6) is 11.5 Å². The van der Waals surface area contributed by atoms with Crippen LogP contribution < -0.4 is 14.8 Å². The van der Waals surface area contributed by atoms with E-state index in [4.69, 9.17) is 25.5 Å². The normalized spacial score (nSPS) is 10.8. The molecule has 0 bridgehead atoms. The molecule has 1 aromatic heterocycles. The van der Waals surface area contributed by atoms with Crippen molar-refractivity contribution < 1.29 is 23.5 Å². The fraction of sp³-hybridized carbons (Fsp3) is 0.120. The Bertz CT molecular complexity index is 1320. The number of anilines is 1. The summed E-state index contributed by atoms with van der Waals surface area (Å²) in [5, 5.41) is 4.16. The number of fused-ring (bicyclic) bond motifs is 1. The SMILES string of the molecule is COc1ccc(OC)c(C(=O)c2oc3cc(NC(=O)c4ccc(Cl)cc4)ccc3c2C)c1. The number of carbonyl (C=O) groups is 2. The van der Waals surface area contributed by atoms with E-state index in [0.29, 0.717) is 44.5 Å². The maximum atomic E-state index is 13.3. The Morgan fingerprint density at radius 2 is 1.69 bits per heavy atom. The van der Waals surface area contributed by atoms with E-state index >= 15 is 0 Å². The minimum absolute atomic E-state index is 0.202. The number of furan rings is 1. The van der Waals surface area contributed by atoms with Gasteiger partial charge in [0, 0.05) is 33.3 Å². The first kappa shape index (κ1) is 21.5. The maximum Gasteiger partial charge on any atom is 0.255 e. The van der Waals surface area contributed by atoms with Crippen LogP contribution in [-0.4, -0.2) is 25.9 Å². The van der Waals surface area contributed by atoms with Gasteiger partial charge in [0.05, 0.1) is 19.8 Å². The third-order valence-electron chi connectivity index (χ3n) is 5.16. The summed E-state index contributed by atoms with van der Waals surface area (Å²) in [6.45, 7) is 1.82. The van der Waals surface area contributed by atoms with Crippen molar-refractivity contribution >= 4 is 39.9 Å². The highest BCUT2D eigenvalue weighted by Crippen LogP contribution is 2.32. The second-order valence-electron chi connectivity index (χ2n) is 7.12. The molecule has 0 radical (unpaired) electrons. The molecule has 3 aromatic carbocycles. The number of methoxy groups -OCH3 is 2. The van der Waals surface area contributed by atoms with Crippen molar-refractivity contribution in [2.45, 2.75) is 6.92 Å². The second kappa shape index (κ2) is 8.77. The summed E-state index contributed by atoms with van der Waals surface area (Å²) in [6.07, 6.45) is 0. The van der Waals surface area contributed by atoms with Crippen LogP contribution in [0, 0.1) is 6.92 Å². The van der Waals surface area contributed by atoms with E-state index in [1.54, 1.807) is 54.6 Å². The molecule has 0 unspecified atom stereocenters. The largest absolute Gasteiger partial charge is 0.497 e. The summed E-state index contributed by atoms with van der Waals surface area (Å²) >= 11 is 5.88. The zero-order chi connectivity index (χ0) is 22.8. The Morgan fingerprint density at radius 3 is 2.38 bits per heavy atom. The van der Waals surface area contributed by atoms with Gasteiger partial charge in [-0.05, 0) is 61.5 Å². The highest BCUT2D eigenvalue weighted by Gasteiger charge is 2.23. The first-order valence-corrected chi connectivity index (χ1v) is 10.2. The van der Waals surface area contributed by atoms with Crippen LogP contribution in [0.1, 0.15) is 32.0 Å². The third-order valence-corrected chi connectivity index (χ3v) is 5.41. The van der Waals surface area contributed by atoms with E-state index in [1.165, 1.54) is 14.2 Å². The van der Waals surface area contributed by atoms with E-state index in [0.717, 1.165) is 5.39 Å². The number of benzene rings is 3. The molecule has 1 N–H and O–H groups in total. The molecule has 32 heavy (non-hydrogen) atoms. The lowest BCUT2D eigenvalue weighted by molar-refractivity contribution is 0.100. The molecular formula is C25H20ClNO5. The van der Waals surface area contributed by atoms with Gasteiger partial charge in [0.2, 0.25) is 5.78 Å². The van der Waals surface area contributed by atoms with Crippen molar-refractivity contribution in [3.8, 4) is 11.5 Å². The maximum absolute atomic E-state index is 13.3. The van der Waals surface area contributed by atoms with Crippen LogP contribution in [0.3, 0.4) is 0 Å². The van der Waals surface area contributed by atoms with E-state index in [1.807, 2.05) is 13.0 Å². The van der Waals surface area contributed by atoms with Crippen LogP contribution in [0.2, 0.25) is 5.02 Å². The zero-order valence-electron chi connectivity index (χ0n) is 17.7. The lowest BCUT2D eigenvalue weighted by Gasteiger charge is -2.08. The number of ether oxygens (including phenoxy) is 2. The minimum atomic E-state index is -0.318. The molecule has 0 saturated carbocycles. The molecule has 162 valence electrons. The monoisotopic (exact) mass is 449 g/mol. The van der Waals surface area contributed by atoms with Gasteiger partial charge < -0.3 is 19.2 Å². The molecule has 1 heterocycles. The van der Waals surface area contributed by atoms with Gasteiger partial charge in [-0.2, -0.15) is 0 Å². The van der Waals surface area contributed by atoms with Gasteiger partial charge in [0.25, 0.3) is 5.91 Å². The van der Waals surface area contributed by atoms with E-state index in [-0.39, 0.29) is 17.5 Å². The highest BCUT2D eigenvalue weighted by atomic mass is 35.5. The Morgan fingerprint density at radius 1 is 0.938 bits per heavy atom. The molecule has 0 spiro atoms. The molecule has 0 atom stereocenters. The van der Waals surface area contributed by atoms with Crippen molar-refractivity contribution in [1.29, 1.82) is 0 Å². The van der Waals surface area contributed by atoms with Crippen LogP contribution in [0.15, 0.2) is 65.1 Å². The van der Waals surface area contributed by atoms with Crippen molar-refractivity contribution in [3.05, 3.63) is 88.1 Å². The summed E-state index contributed by atoms with van der Waals surface area (Å²) in [6, 6.07) is 16.9. The summed E-state index contributed by atoms with van der Waals surface area (Å²) in [4.78, 5) is 25.7. The average Bonchev–Trinajstić information content (AvgIpc) is 3.14. The topological polar surface area (TPSA) is 77.8 Å². The average molecular weight is 450 g/mol. The minimum Gasteiger partial charge on any atom is -0.497 e. The number of hydrogen-bond acceptors (Lipinski definition) is 5. The summed E-state index contributed by atoms with van der Waals surface area (Å²) in [7, 11) is 3.03. The van der Waals surface area contributed by atoms with Crippen LogP contribution in [-0.2, 0) is 0 Å². The lowest BCUT2D eigenvalue weighted by atomic mass is 10.0. The molecule has 4 rings (SSSR count). The van der Waals surface area contributed by atoms with Gasteiger partial charge in [-0.25, -0.2) is 0 Å². The van der Waals surface area contributed by atoms with Gasteiger partial charge >= 0.3 is 0 Å². The molecule has 6 nitrogen and oxygen atoms in total. The lowest BCUT2D eigenvalue weighted by Crippen LogP contribution is -2.11. The molecule has 0 aliphatic carbocycles. The van der Waals surface area contributed by atoms with E-state index in [9.17, 15) is 9.59 Å². The van der Waals surface area contributed by atoms with Crippen LogP contribution in [0.25, 0.3) is 11.0 Å². The van der Waals surface area contributed by atoms with Gasteiger partial charge in [0.15, 0.2) is 5.76 Å². The smallest absolute Gasteiger partial charge is 0.255 e. The van der Waals surface area contributed by atoms with Gasteiger partial charge in [-0.3, -0.25) is 9.59 Å². The summed E-state index contributed by atoms with van der Waals surface area (Å²) in [5.74, 6) is 0.567. The van der Waals surface area contributed by atoms with Gasteiger partial charge in [0.1, 0.15) is 17.1 Å². The molecule has 1 amide bonds. The molecule has 7 heteroatoms. The molecular weight excluding hydrogens is 430 g/mol. The number of hydrogen-bond donors (Lipinski definition) is 1. The standard InChI is InChI=1S/C25H20ClNO5/c1-14-19-10-8-17(27-25(29)15-4-6-16(26)7-5-15)12-22(19)32-24(14)23(28)20-13-18(30-2)9-11-21(20)31-3/h4-13H,1-3H3,(H,27,29). The van der Waals surface area contributed by atoms with Gasteiger partial charge in [-0.15, -0.1) is 0 Å². The number of carbonyl (C=O) groups excluding carboxylic acids is 2. The molecule has 0 aliphatic rings. The number of halogens is 1. The molecule has 0 saturated heterocycles. The summed E-state index contributed by atoms with van der Waals surface area (Å²) in [5.41, 5.74) is 2.55. The fourth-order valence-corrected chi connectivity index (χ4v) is 3.56. The number of nitrogens with one attached hydrogen (secondary N) is 1. The summed E-state index contributed by atoms with van der Waals surface area (Å²) < 4.78 is 16.5. The number of amides is 1. The number of rotatable bonds is 6. The number of aryl methyl sites for hydroxylation is 1. The first-order valence-electron chi connectivity index (χ1n) is 9.78. The van der Waals surface area contributed by atoms with E-state index < -0.39 is 0 Å². The van der Waals surface area contributed by atoms with E-state index in [2.05, 4.69) is 5.32 Å². The van der Waals surface area contributed by atoms with Crippen molar-refractivity contribution in [2.24, 2.45) is 0 Å². The fourth-order valence-electron chi connectivity index (χ4n) is 3.44. The molecule has 4 aromatic rings. The van der Waals surface area contributed by atoms with Gasteiger partial charge in [-0.1, -0.05) is 11.6 Å². The Balaban J connectivity index is 1.66. The Kier molecular flexibility index (Phi) is 5.88. The number of ketones is 1.